The Morgan fingerprint density at radius 3 is 2.18 bits per heavy atom. The SMILES string of the molecule is COc1ccc(C(=O)N=C2C=C(Cl)C(=O)C(Cl)=C2)cc1OC. The predicted octanol–water partition coefficient (Wildman–Crippen LogP) is 3.11. The summed E-state index contributed by atoms with van der Waals surface area (Å²) in [6.07, 6.45) is 2.57. The molecule has 1 aromatic carbocycles. The average molecular weight is 340 g/mol. The summed E-state index contributed by atoms with van der Waals surface area (Å²) in [5.74, 6) is -0.108. The van der Waals surface area contributed by atoms with Crippen molar-refractivity contribution >= 4 is 40.6 Å². The Balaban J connectivity index is 2.33. The topological polar surface area (TPSA) is 65.0 Å². The van der Waals surface area contributed by atoms with Gasteiger partial charge in [0.15, 0.2) is 11.5 Å². The third kappa shape index (κ3) is 3.37. The number of rotatable bonds is 3. The molecule has 0 radical (unpaired) electrons. The largest absolute Gasteiger partial charge is 0.493 e. The Labute approximate surface area is 136 Å². The Morgan fingerprint density at radius 1 is 1.05 bits per heavy atom. The zero-order chi connectivity index (χ0) is 16.3. The van der Waals surface area contributed by atoms with Gasteiger partial charge in [0.25, 0.3) is 5.91 Å². The fourth-order valence-electron chi connectivity index (χ4n) is 1.76. The maximum Gasteiger partial charge on any atom is 0.277 e. The Kier molecular flexibility index (Phi) is 5.00. The molecule has 0 fully saturated rings. The van der Waals surface area contributed by atoms with Crippen molar-refractivity contribution in [2.24, 2.45) is 4.99 Å². The second-order valence-corrected chi connectivity index (χ2v) is 5.04. The van der Waals surface area contributed by atoms with E-state index >= 15 is 0 Å². The van der Waals surface area contributed by atoms with Gasteiger partial charge in [0.2, 0.25) is 5.78 Å². The smallest absolute Gasteiger partial charge is 0.277 e. The number of nitrogens with zero attached hydrogens (tertiary/aromatic N) is 1. The van der Waals surface area contributed by atoms with E-state index in [-0.39, 0.29) is 15.8 Å². The van der Waals surface area contributed by atoms with Crippen molar-refractivity contribution in [3.63, 3.8) is 0 Å². The molecule has 0 saturated heterocycles. The molecule has 1 amide bonds. The summed E-state index contributed by atoms with van der Waals surface area (Å²) >= 11 is 11.5. The van der Waals surface area contributed by atoms with E-state index in [9.17, 15) is 9.59 Å². The lowest BCUT2D eigenvalue weighted by atomic mass is 10.1. The molecule has 1 aliphatic carbocycles. The highest BCUT2D eigenvalue weighted by molar-refractivity contribution is 6.57. The standard InChI is InChI=1S/C15H11Cl2NO4/c1-21-12-4-3-8(5-13(12)22-2)15(20)18-9-6-10(16)14(19)11(17)7-9/h3-7H,1-2H3. The lowest BCUT2D eigenvalue weighted by molar-refractivity contribution is -0.111. The minimum atomic E-state index is -0.522. The molecule has 0 aromatic heterocycles. The molecule has 114 valence electrons. The third-order valence-corrected chi connectivity index (χ3v) is 3.41. The average Bonchev–Trinajstić information content (AvgIpc) is 2.51. The molecule has 0 saturated carbocycles. The monoisotopic (exact) mass is 339 g/mol. The molecule has 0 unspecified atom stereocenters. The number of benzene rings is 1. The van der Waals surface area contributed by atoms with Gasteiger partial charge in [-0.25, -0.2) is 4.99 Å². The first-order valence-electron chi connectivity index (χ1n) is 6.10. The number of ketones is 1. The van der Waals surface area contributed by atoms with E-state index in [0.29, 0.717) is 17.1 Å². The lowest BCUT2D eigenvalue weighted by Gasteiger charge is -2.08. The maximum absolute atomic E-state index is 12.2. The number of carbonyl (C=O) groups is 2. The van der Waals surface area contributed by atoms with Crippen LogP contribution < -0.4 is 9.47 Å². The van der Waals surface area contributed by atoms with Crippen LogP contribution in [0.15, 0.2) is 45.4 Å². The van der Waals surface area contributed by atoms with Crippen molar-refractivity contribution in [2.75, 3.05) is 14.2 Å². The van der Waals surface area contributed by atoms with E-state index in [1.54, 1.807) is 12.1 Å². The van der Waals surface area contributed by atoms with Gasteiger partial charge in [-0.15, -0.1) is 0 Å². The van der Waals surface area contributed by atoms with Gasteiger partial charge in [-0.2, -0.15) is 0 Å². The fraction of sp³-hybridized carbons (Fsp3) is 0.133. The van der Waals surface area contributed by atoms with Crippen LogP contribution in [0.5, 0.6) is 11.5 Å². The van der Waals surface area contributed by atoms with Gasteiger partial charge in [0.1, 0.15) is 0 Å². The van der Waals surface area contributed by atoms with Crippen molar-refractivity contribution in [1.82, 2.24) is 0 Å². The molecule has 0 heterocycles. The number of carbonyl (C=O) groups excluding carboxylic acids is 2. The normalized spacial score (nSPS) is 14.2. The van der Waals surface area contributed by atoms with Crippen LogP contribution in [0.25, 0.3) is 0 Å². The van der Waals surface area contributed by atoms with E-state index in [4.69, 9.17) is 32.7 Å². The highest BCUT2D eigenvalue weighted by Crippen LogP contribution is 2.28. The number of ether oxygens (including phenoxy) is 2. The van der Waals surface area contributed by atoms with Crippen molar-refractivity contribution in [2.45, 2.75) is 0 Å². The highest BCUT2D eigenvalue weighted by atomic mass is 35.5. The number of hydrogen-bond acceptors (Lipinski definition) is 4. The number of allylic oxidation sites excluding steroid dienone is 4. The van der Waals surface area contributed by atoms with Crippen LogP contribution in [0.2, 0.25) is 0 Å². The molecule has 2 rings (SSSR count). The molecular formula is C15H11Cl2NO4. The minimum Gasteiger partial charge on any atom is -0.493 e. The number of hydrogen-bond donors (Lipinski definition) is 0. The molecule has 0 aliphatic heterocycles. The highest BCUT2D eigenvalue weighted by Gasteiger charge is 2.18. The summed E-state index contributed by atoms with van der Waals surface area (Å²) in [6.45, 7) is 0. The van der Waals surface area contributed by atoms with E-state index in [0.717, 1.165) is 0 Å². The van der Waals surface area contributed by atoms with Crippen LogP contribution in [0.1, 0.15) is 10.4 Å². The van der Waals surface area contributed by atoms with Crippen LogP contribution in [-0.4, -0.2) is 31.6 Å². The first-order valence-corrected chi connectivity index (χ1v) is 6.86. The van der Waals surface area contributed by atoms with E-state index in [1.807, 2.05) is 0 Å². The number of halogens is 2. The first-order chi connectivity index (χ1) is 10.5. The zero-order valence-electron chi connectivity index (χ0n) is 11.7. The molecule has 22 heavy (non-hydrogen) atoms. The van der Waals surface area contributed by atoms with Gasteiger partial charge in [0, 0.05) is 5.56 Å². The van der Waals surface area contributed by atoms with E-state index < -0.39 is 11.7 Å². The van der Waals surface area contributed by atoms with Crippen molar-refractivity contribution in [3.05, 3.63) is 46.0 Å². The predicted molar refractivity (Wildman–Crippen MR) is 84.2 cm³/mol. The van der Waals surface area contributed by atoms with Crippen molar-refractivity contribution < 1.29 is 19.1 Å². The number of methoxy groups -OCH3 is 2. The second kappa shape index (κ2) is 6.77. The quantitative estimate of drug-likeness (QED) is 0.793. The molecule has 1 aromatic rings. The van der Waals surface area contributed by atoms with E-state index in [1.165, 1.54) is 32.4 Å². The van der Waals surface area contributed by atoms with Gasteiger partial charge < -0.3 is 9.47 Å². The summed E-state index contributed by atoms with van der Waals surface area (Å²) in [7, 11) is 2.97. The Morgan fingerprint density at radius 2 is 1.64 bits per heavy atom. The maximum atomic E-state index is 12.2. The Bertz CT molecular complexity index is 711. The van der Waals surface area contributed by atoms with Gasteiger partial charge in [-0.1, -0.05) is 23.2 Å². The van der Waals surface area contributed by atoms with E-state index in [2.05, 4.69) is 4.99 Å². The second-order valence-electron chi connectivity index (χ2n) is 4.23. The molecule has 0 atom stereocenters. The van der Waals surface area contributed by atoms with Gasteiger partial charge in [-0.05, 0) is 30.4 Å². The van der Waals surface area contributed by atoms with Gasteiger partial charge in [0.05, 0.1) is 30.0 Å². The zero-order valence-corrected chi connectivity index (χ0v) is 13.2. The van der Waals surface area contributed by atoms with Gasteiger partial charge >= 0.3 is 0 Å². The molecule has 7 heteroatoms. The molecule has 0 N–H and O–H groups in total. The number of Topliss-reactive ketones (excluding diaryl/α,β-unsaturated/α-hetero) is 1. The van der Waals surface area contributed by atoms with Crippen LogP contribution in [0.3, 0.4) is 0 Å². The summed E-state index contributed by atoms with van der Waals surface area (Å²) in [4.78, 5) is 27.5. The molecule has 0 bridgehead atoms. The minimum absolute atomic E-state index is 0.0913. The Hall–Kier alpha value is -2.11. The number of aliphatic imine (C=N–C) groups is 1. The molecule has 1 aliphatic rings. The van der Waals surface area contributed by atoms with Crippen LogP contribution in [-0.2, 0) is 4.79 Å². The summed E-state index contributed by atoms with van der Waals surface area (Å²) in [6, 6.07) is 4.66. The van der Waals surface area contributed by atoms with Crippen molar-refractivity contribution in [3.8, 4) is 11.5 Å². The number of amides is 1. The van der Waals surface area contributed by atoms with Gasteiger partial charge in [-0.3, -0.25) is 9.59 Å². The van der Waals surface area contributed by atoms with Crippen LogP contribution in [0, 0.1) is 0 Å². The first kappa shape index (κ1) is 16.3. The van der Waals surface area contributed by atoms with Crippen molar-refractivity contribution in [1.29, 1.82) is 0 Å². The fourth-order valence-corrected chi connectivity index (χ4v) is 2.24. The summed E-state index contributed by atoms with van der Waals surface area (Å²) in [5.41, 5.74) is 0.505. The summed E-state index contributed by atoms with van der Waals surface area (Å²) in [5, 5.41) is -0.183. The lowest BCUT2D eigenvalue weighted by Crippen LogP contribution is -2.10. The van der Waals surface area contributed by atoms with Crippen LogP contribution in [0.4, 0.5) is 0 Å². The third-order valence-electron chi connectivity index (χ3n) is 2.84. The molecular weight excluding hydrogens is 329 g/mol. The molecule has 0 spiro atoms. The molecule has 5 nitrogen and oxygen atoms in total. The summed E-state index contributed by atoms with van der Waals surface area (Å²) < 4.78 is 10.2. The van der Waals surface area contributed by atoms with Crippen LogP contribution >= 0.6 is 23.2 Å².